The van der Waals surface area contributed by atoms with Gasteiger partial charge < -0.3 is 10.5 Å². The van der Waals surface area contributed by atoms with E-state index in [9.17, 15) is 0 Å². The van der Waals surface area contributed by atoms with Gasteiger partial charge in [-0.25, -0.2) is 0 Å². The standard InChI is InChI=1S/C18H21N3O/c1-14-5-4-6-17(11-14)22-10-3-2-9-21-18-12-16(19)8-7-15(18)13-20-21/h4-8,11-13H,2-3,9-10,19H2,1H3. The van der Waals surface area contributed by atoms with Crippen molar-refractivity contribution in [2.45, 2.75) is 26.3 Å². The van der Waals surface area contributed by atoms with Crippen molar-refractivity contribution in [3.05, 3.63) is 54.2 Å². The quantitative estimate of drug-likeness (QED) is 0.556. The Hall–Kier alpha value is -2.49. The molecule has 0 aliphatic carbocycles. The monoisotopic (exact) mass is 295 g/mol. The molecule has 114 valence electrons. The smallest absolute Gasteiger partial charge is 0.119 e. The summed E-state index contributed by atoms with van der Waals surface area (Å²) in [5, 5.41) is 5.55. The second-order valence-corrected chi connectivity index (χ2v) is 5.56. The molecule has 1 aromatic heterocycles. The number of fused-ring (bicyclic) bond motifs is 1. The van der Waals surface area contributed by atoms with Crippen molar-refractivity contribution in [2.24, 2.45) is 0 Å². The zero-order chi connectivity index (χ0) is 15.4. The number of hydrogen-bond acceptors (Lipinski definition) is 3. The number of benzene rings is 2. The Kier molecular flexibility index (Phi) is 4.28. The third-order valence-corrected chi connectivity index (χ3v) is 3.69. The highest BCUT2D eigenvalue weighted by Gasteiger charge is 2.03. The van der Waals surface area contributed by atoms with Gasteiger partial charge in [0.25, 0.3) is 0 Å². The van der Waals surface area contributed by atoms with Crippen molar-refractivity contribution in [2.75, 3.05) is 12.3 Å². The number of aryl methyl sites for hydroxylation is 2. The highest BCUT2D eigenvalue weighted by molar-refractivity contribution is 5.81. The number of anilines is 1. The minimum absolute atomic E-state index is 0.727. The van der Waals surface area contributed by atoms with Crippen LogP contribution in [0.25, 0.3) is 10.9 Å². The van der Waals surface area contributed by atoms with Crippen LogP contribution in [0.4, 0.5) is 5.69 Å². The van der Waals surface area contributed by atoms with Crippen molar-refractivity contribution >= 4 is 16.6 Å². The maximum atomic E-state index is 5.84. The van der Waals surface area contributed by atoms with Crippen LogP contribution in [0.2, 0.25) is 0 Å². The fourth-order valence-electron chi connectivity index (χ4n) is 2.52. The number of nitrogens with zero attached hydrogens (tertiary/aromatic N) is 2. The number of unbranched alkanes of at least 4 members (excludes halogenated alkanes) is 1. The summed E-state index contributed by atoms with van der Waals surface area (Å²) in [6.07, 6.45) is 3.91. The van der Waals surface area contributed by atoms with Crippen LogP contribution in [0, 0.1) is 6.92 Å². The minimum atomic E-state index is 0.727. The van der Waals surface area contributed by atoms with Crippen LogP contribution < -0.4 is 10.5 Å². The van der Waals surface area contributed by atoms with Gasteiger partial charge >= 0.3 is 0 Å². The number of rotatable bonds is 6. The molecule has 0 atom stereocenters. The van der Waals surface area contributed by atoms with Crippen LogP contribution in [-0.2, 0) is 6.54 Å². The molecule has 0 spiro atoms. The van der Waals surface area contributed by atoms with Crippen LogP contribution in [0.3, 0.4) is 0 Å². The molecule has 0 saturated carbocycles. The van der Waals surface area contributed by atoms with E-state index in [1.807, 2.05) is 41.2 Å². The number of aromatic nitrogens is 2. The summed E-state index contributed by atoms with van der Waals surface area (Å²) in [6.45, 7) is 3.68. The normalized spacial score (nSPS) is 11.0. The van der Waals surface area contributed by atoms with E-state index in [0.717, 1.165) is 48.3 Å². The number of nitrogens with two attached hydrogens (primary N) is 1. The van der Waals surface area contributed by atoms with Crippen LogP contribution in [0.1, 0.15) is 18.4 Å². The first kappa shape index (κ1) is 14.4. The van der Waals surface area contributed by atoms with E-state index in [-0.39, 0.29) is 0 Å². The summed E-state index contributed by atoms with van der Waals surface area (Å²) >= 11 is 0. The molecule has 2 aromatic carbocycles. The van der Waals surface area contributed by atoms with Crippen LogP contribution in [0.5, 0.6) is 5.75 Å². The van der Waals surface area contributed by atoms with Gasteiger partial charge in [-0.3, -0.25) is 4.68 Å². The number of ether oxygens (including phenoxy) is 1. The summed E-state index contributed by atoms with van der Waals surface area (Å²) in [7, 11) is 0. The van der Waals surface area contributed by atoms with Gasteiger partial charge in [-0.2, -0.15) is 5.10 Å². The average molecular weight is 295 g/mol. The van der Waals surface area contributed by atoms with Crippen molar-refractivity contribution in [3.8, 4) is 5.75 Å². The van der Waals surface area contributed by atoms with Crippen LogP contribution in [0.15, 0.2) is 48.7 Å². The van der Waals surface area contributed by atoms with Crippen molar-refractivity contribution in [1.29, 1.82) is 0 Å². The molecule has 0 fully saturated rings. The second-order valence-electron chi connectivity index (χ2n) is 5.56. The van der Waals surface area contributed by atoms with Crippen molar-refractivity contribution in [1.82, 2.24) is 9.78 Å². The second kappa shape index (κ2) is 6.52. The number of hydrogen-bond donors (Lipinski definition) is 1. The van der Waals surface area contributed by atoms with E-state index in [0.29, 0.717) is 0 Å². The molecule has 4 nitrogen and oxygen atoms in total. The van der Waals surface area contributed by atoms with Crippen molar-refractivity contribution < 1.29 is 4.74 Å². The van der Waals surface area contributed by atoms with Crippen molar-refractivity contribution in [3.63, 3.8) is 0 Å². The Labute approximate surface area is 130 Å². The highest BCUT2D eigenvalue weighted by atomic mass is 16.5. The molecule has 2 N–H and O–H groups in total. The fraction of sp³-hybridized carbons (Fsp3) is 0.278. The van der Waals surface area contributed by atoms with Gasteiger partial charge in [-0.1, -0.05) is 12.1 Å². The summed E-state index contributed by atoms with van der Waals surface area (Å²) in [5.41, 5.74) is 8.94. The molecule has 0 radical (unpaired) electrons. The zero-order valence-corrected chi connectivity index (χ0v) is 12.8. The van der Waals surface area contributed by atoms with E-state index in [1.165, 1.54) is 5.56 Å². The van der Waals surface area contributed by atoms with Crippen LogP contribution in [-0.4, -0.2) is 16.4 Å². The third kappa shape index (κ3) is 3.39. The molecule has 3 aromatic rings. The Morgan fingerprint density at radius 2 is 2.05 bits per heavy atom. The van der Waals surface area contributed by atoms with Gasteiger partial charge in [0.2, 0.25) is 0 Å². The van der Waals surface area contributed by atoms with E-state index in [4.69, 9.17) is 10.5 Å². The van der Waals surface area contributed by atoms with E-state index < -0.39 is 0 Å². The maximum Gasteiger partial charge on any atom is 0.119 e. The predicted octanol–water partition coefficient (Wildman–Crippen LogP) is 3.79. The lowest BCUT2D eigenvalue weighted by Gasteiger charge is -2.07. The first-order chi connectivity index (χ1) is 10.7. The Morgan fingerprint density at radius 1 is 1.14 bits per heavy atom. The maximum absolute atomic E-state index is 5.84. The summed E-state index contributed by atoms with van der Waals surface area (Å²) in [6, 6.07) is 14.0. The topological polar surface area (TPSA) is 53.1 Å². The van der Waals surface area contributed by atoms with E-state index in [1.54, 1.807) is 0 Å². The summed E-state index contributed by atoms with van der Waals surface area (Å²) in [5.74, 6) is 0.942. The first-order valence-electron chi connectivity index (χ1n) is 7.63. The minimum Gasteiger partial charge on any atom is -0.494 e. The number of nitrogen functional groups attached to an aromatic ring is 1. The molecule has 3 rings (SSSR count). The summed E-state index contributed by atoms with van der Waals surface area (Å²) in [4.78, 5) is 0. The van der Waals surface area contributed by atoms with Gasteiger partial charge in [0.1, 0.15) is 5.75 Å². The lowest BCUT2D eigenvalue weighted by molar-refractivity contribution is 0.302. The molecular formula is C18H21N3O. The van der Waals surface area contributed by atoms with Gasteiger partial charge in [0.05, 0.1) is 18.3 Å². The molecule has 22 heavy (non-hydrogen) atoms. The average Bonchev–Trinajstić information content (AvgIpc) is 2.89. The zero-order valence-electron chi connectivity index (χ0n) is 12.8. The molecule has 0 aliphatic heterocycles. The van der Waals surface area contributed by atoms with Gasteiger partial charge in [-0.15, -0.1) is 0 Å². The molecule has 0 amide bonds. The molecule has 4 heteroatoms. The predicted molar refractivity (Wildman–Crippen MR) is 90.1 cm³/mol. The van der Waals surface area contributed by atoms with E-state index >= 15 is 0 Å². The third-order valence-electron chi connectivity index (χ3n) is 3.69. The lowest BCUT2D eigenvalue weighted by atomic mass is 10.2. The van der Waals surface area contributed by atoms with Crippen LogP contribution >= 0.6 is 0 Å². The SMILES string of the molecule is Cc1cccc(OCCCCn2ncc3ccc(N)cc32)c1. The molecular weight excluding hydrogens is 274 g/mol. The Balaban J connectivity index is 1.49. The van der Waals surface area contributed by atoms with E-state index in [2.05, 4.69) is 24.2 Å². The van der Waals surface area contributed by atoms with Gasteiger partial charge in [-0.05, 0) is 55.7 Å². The molecule has 0 saturated heterocycles. The lowest BCUT2D eigenvalue weighted by Crippen LogP contribution is -2.03. The Bertz CT molecular complexity index is 764. The summed E-state index contributed by atoms with van der Waals surface area (Å²) < 4.78 is 7.78. The largest absolute Gasteiger partial charge is 0.494 e. The molecule has 0 unspecified atom stereocenters. The Morgan fingerprint density at radius 3 is 2.91 bits per heavy atom. The molecule has 0 bridgehead atoms. The molecule has 1 heterocycles. The fourth-order valence-corrected chi connectivity index (χ4v) is 2.52. The highest BCUT2D eigenvalue weighted by Crippen LogP contribution is 2.17. The molecule has 0 aliphatic rings. The van der Waals surface area contributed by atoms with Gasteiger partial charge in [0, 0.05) is 17.6 Å². The van der Waals surface area contributed by atoms with Gasteiger partial charge in [0.15, 0.2) is 0 Å². The first-order valence-corrected chi connectivity index (χ1v) is 7.63.